The van der Waals surface area contributed by atoms with Crippen LogP contribution in [0.3, 0.4) is 0 Å². The van der Waals surface area contributed by atoms with E-state index >= 15 is 0 Å². The van der Waals surface area contributed by atoms with E-state index in [1.54, 1.807) is 14.1 Å². The van der Waals surface area contributed by atoms with Crippen molar-refractivity contribution in [3.63, 3.8) is 0 Å². The summed E-state index contributed by atoms with van der Waals surface area (Å²) in [5, 5.41) is 12.0. The van der Waals surface area contributed by atoms with Gasteiger partial charge in [0.2, 0.25) is 5.91 Å². The smallest absolute Gasteiger partial charge is 0.317 e. The van der Waals surface area contributed by atoms with Crippen LogP contribution in [0.2, 0.25) is 0 Å². The fourth-order valence-corrected chi connectivity index (χ4v) is 3.48. The zero-order valence-corrected chi connectivity index (χ0v) is 14.3. The molecule has 0 unspecified atom stereocenters. The number of amides is 3. The van der Waals surface area contributed by atoms with E-state index in [0.29, 0.717) is 12.0 Å². The van der Waals surface area contributed by atoms with Gasteiger partial charge in [0, 0.05) is 46.4 Å². The Morgan fingerprint density at radius 3 is 2.48 bits per heavy atom. The first-order valence-corrected chi connectivity index (χ1v) is 8.59. The third kappa shape index (κ3) is 5.07. The summed E-state index contributed by atoms with van der Waals surface area (Å²) in [5.74, 6) is 0.398. The maximum Gasteiger partial charge on any atom is 0.317 e. The number of hydrogen-bond acceptors (Lipinski definition) is 4. The number of aliphatic hydroxyl groups excluding tert-OH is 1. The first-order chi connectivity index (χ1) is 11.0. The number of nitrogens with zero attached hydrogens (tertiary/aromatic N) is 3. The molecular weight excluding hydrogens is 296 g/mol. The molecule has 0 aromatic carbocycles. The zero-order valence-electron chi connectivity index (χ0n) is 14.3. The molecule has 2 saturated heterocycles. The third-order valence-corrected chi connectivity index (χ3v) is 4.94. The second kappa shape index (κ2) is 8.49. The van der Waals surface area contributed by atoms with E-state index in [4.69, 9.17) is 0 Å². The molecule has 0 bridgehead atoms. The zero-order chi connectivity index (χ0) is 16.8. The topological polar surface area (TPSA) is 76.1 Å². The Morgan fingerprint density at radius 1 is 1.17 bits per heavy atom. The molecule has 2 fully saturated rings. The number of likely N-dealkylation sites (tertiary alicyclic amines) is 2. The maximum absolute atomic E-state index is 12.2. The summed E-state index contributed by atoms with van der Waals surface area (Å²) < 4.78 is 0. The second-order valence-electron chi connectivity index (χ2n) is 6.85. The number of urea groups is 1. The molecule has 2 aliphatic heterocycles. The number of piperidine rings is 2. The normalized spacial score (nSPS) is 23.6. The van der Waals surface area contributed by atoms with Gasteiger partial charge in [-0.25, -0.2) is 4.79 Å². The number of aliphatic hydroxyl groups is 1. The summed E-state index contributed by atoms with van der Waals surface area (Å²) in [6.07, 6.45) is 4.23. The van der Waals surface area contributed by atoms with Gasteiger partial charge in [0.1, 0.15) is 0 Å². The van der Waals surface area contributed by atoms with Crippen molar-refractivity contribution >= 4 is 11.9 Å². The molecule has 2 heterocycles. The van der Waals surface area contributed by atoms with Crippen molar-refractivity contribution in [1.82, 2.24) is 20.0 Å². The van der Waals surface area contributed by atoms with Crippen LogP contribution in [-0.2, 0) is 4.79 Å². The average molecular weight is 326 g/mol. The van der Waals surface area contributed by atoms with Crippen LogP contribution in [0.25, 0.3) is 0 Å². The molecule has 2 aliphatic rings. The third-order valence-electron chi connectivity index (χ3n) is 4.94. The molecule has 23 heavy (non-hydrogen) atoms. The molecule has 0 aromatic heterocycles. The monoisotopic (exact) mass is 326 g/mol. The first-order valence-electron chi connectivity index (χ1n) is 8.59. The lowest BCUT2D eigenvalue weighted by Crippen LogP contribution is -2.51. The Kier molecular flexibility index (Phi) is 6.65. The van der Waals surface area contributed by atoms with Crippen LogP contribution in [0.5, 0.6) is 0 Å². The highest BCUT2D eigenvalue weighted by Gasteiger charge is 2.29. The van der Waals surface area contributed by atoms with Crippen LogP contribution in [0.1, 0.15) is 25.7 Å². The Morgan fingerprint density at radius 2 is 1.87 bits per heavy atom. The predicted octanol–water partition coefficient (Wildman–Crippen LogP) is -0.0471. The predicted molar refractivity (Wildman–Crippen MR) is 88.1 cm³/mol. The molecule has 132 valence electrons. The van der Waals surface area contributed by atoms with E-state index in [1.807, 2.05) is 4.90 Å². The van der Waals surface area contributed by atoms with Gasteiger partial charge >= 0.3 is 6.03 Å². The summed E-state index contributed by atoms with van der Waals surface area (Å²) in [6.45, 7) is 3.93. The molecule has 2 rings (SSSR count). The van der Waals surface area contributed by atoms with Gasteiger partial charge in [0.25, 0.3) is 0 Å². The summed E-state index contributed by atoms with van der Waals surface area (Å²) >= 11 is 0. The van der Waals surface area contributed by atoms with Crippen LogP contribution in [-0.4, -0.2) is 91.2 Å². The van der Waals surface area contributed by atoms with Gasteiger partial charge in [-0.05, 0) is 38.1 Å². The summed E-state index contributed by atoms with van der Waals surface area (Å²) in [6, 6.07) is 0.279. The quantitative estimate of drug-likeness (QED) is 0.760. The number of carbonyl (C=O) groups excluding carboxylic acids is 2. The van der Waals surface area contributed by atoms with Crippen molar-refractivity contribution in [3.05, 3.63) is 0 Å². The van der Waals surface area contributed by atoms with E-state index in [-0.39, 0.29) is 25.1 Å². The maximum atomic E-state index is 12.2. The fourth-order valence-electron chi connectivity index (χ4n) is 3.48. The molecule has 0 aliphatic carbocycles. The van der Waals surface area contributed by atoms with Crippen molar-refractivity contribution in [2.24, 2.45) is 5.92 Å². The Labute approximate surface area is 138 Å². The van der Waals surface area contributed by atoms with E-state index < -0.39 is 0 Å². The lowest BCUT2D eigenvalue weighted by molar-refractivity contribution is -0.131. The van der Waals surface area contributed by atoms with Crippen LogP contribution in [0, 0.1) is 5.92 Å². The van der Waals surface area contributed by atoms with Gasteiger partial charge in [0.15, 0.2) is 0 Å². The molecular formula is C16H30N4O3. The largest absolute Gasteiger partial charge is 0.396 e. The molecule has 0 aromatic rings. The second-order valence-corrected chi connectivity index (χ2v) is 6.85. The van der Waals surface area contributed by atoms with Crippen LogP contribution >= 0.6 is 0 Å². The van der Waals surface area contributed by atoms with Crippen molar-refractivity contribution in [1.29, 1.82) is 0 Å². The SMILES string of the molecule is CN(C)C(=O)NCC(=O)N1CCC(N2CCC[C@@H](CO)C2)CC1. The molecule has 7 heteroatoms. The molecule has 0 radical (unpaired) electrons. The Hall–Kier alpha value is -1.34. The first kappa shape index (κ1) is 18.0. The fraction of sp³-hybridized carbons (Fsp3) is 0.875. The average Bonchev–Trinajstić information content (AvgIpc) is 2.59. The Balaban J connectivity index is 1.73. The Bertz CT molecular complexity index is 408. The number of nitrogens with one attached hydrogen (secondary N) is 1. The van der Waals surface area contributed by atoms with Gasteiger partial charge in [0.05, 0.1) is 6.54 Å². The standard InChI is InChI=1S/C16H30N4O3/c1-18(2)16(23)17-10-15(22)19-8-5-14(6-9-19)20-7-3-4-13(11-20)12-21/h13-14,21H,3-12H2,1-2H3,(H,17,23)/t13-/m1/s1. The molecule has 3 amide bonds. The summed E-state index contributed by atoms with van der Waals surface area (Å²) in [4.78, 5) is 29.4. The molecule has 7 nitrogen and oxygen atoms in total. The highest BCUT2D eigenvalue weighted by atomic mass is 16.3. The molecule has 0 spiro atoms. The number of hydrogen-bond donors (Lipinski definition) is 2. The van der Waals surface area contributed by atoms with Crippen LogP contribution in [0.15, 0.2) is 0 Å². The highest BCUT2D eigenvalue weighted by Crippen LogP contribution is 2.23. The van der Waals surface area contributed by atoms with E-state index in [2.05, 4.69) is 10.2 Å². The van der Waals surface area contributed by atoms with Gasteiger partial charge in [-0.2, -0.15) is 0 Å². The van der Waals surface area contributed by atoms with E-state index in [9.17, 15) is 14.7 Å². The lowest BCUT2D eigenvalue weighted by atomic mass is 9.94. The van der Waals surface area contributed by atoms with Crippen LogP contribution in [0.4, 0.5) is 4.79 Å². The van der Waals surface area contributed by atoms with Gasteiger partial charge in [-0.15, -0.1) is 0 Å². The van der Waals surface area contributed by atoms with Crippen molar-refractivity contribution < 1.29 is 14.7 Å². The lowest BCUT2D eigenvalue weighted by Gasteiger charge is -2.42. The minimum absolute atomic E-state index is 0.00877. The van der Waals surface area contributed by atoms with Crippen molar-refractivity contribution in [2.75, 3.05) is 53.4 Å². The summed E-state index contributed by atoms with van der Waals surface area (Å²) in [5.41, 5.74) is 0. The molecule has 0 saturated carbocycles. The number of carbonyl (C=O) groups is 2. The van der Waals surface area contributed by atoms with Gasteiger partial charge < -0.3 is 20.2 Å². The van der Waals surface area contributed by atoms with E-state index in [0.717, 1.165) is 51.9 Å². The molecule has 2 N–H and O–H groups in total. The molecule has 1 atom stereocenters. The van der Waals surface area contributed by atoms with Gasteiger partial charge in [-0.1, -0.05) is 0 Å². The van der Waals surface area contributed by atoms with Gasteiger partial charge in [-0.3, -0.25) is 9.69 Å². The number of rotatable bonds is 4. The highest BCUT2D eigenvalue weighted by molar-refractivity contribution is 5.83. The minimum Gasteiger partial charge on any atom is -0.396 e. The summed E-state index contributed by atoms with van der Waals surface area (Å²) in [7, 11) is 3.31. The minimum atomic E-state index is -0.239. The van der Waals surface area contributed by atoms with Crippen molar-refractivity contribution in [2.45, 2.75) is 31.7 Å². The van der Waals surface area contributed by atoms with Crippen LogP contribution < -0.4 is 5.32 Å². The van der Waals surface area contributed by atoms with E-state index in [1.165, 1.54) is 4.90 Å². The van der Waals surface area contributed by atoms with Crippen molar-refractivity contribution in [3.8, 4) is 0 Å².